The highest BCUT2D eigenvalue weighted by molar-refractivity contribution is 9.10. The molecular weight excluding hydrogens is 474 g/mol. The van der Waals surface area contributed by atoms with Gasteiger partial charge in [-0.15, -0.1) is 0 Å². The fraction of sp³-hybridized carbons (Fsp3) is 0.133. The Morgan fingerprint density at radius 3 is 2.36 bits per heavy atom. The number of hydrogen-bond donors (Lipinski definition) is 1. The maximum absolute atomic E-state index is 8.59. The van der Waals surface area contributed by atoms with Gasteiger partial charge in [0.05, 0.1) is 10.6 Å². The Bertz CT molecular complexity index is 677. The lowest BCUT2D eigenvalue weighted by Gasteiger charge is -2.03. The summed E-state index contributed by atoms with van der Waals surface area (Å²) < 4.78 is 0.859. The van der Waals surface area contributed by atoms with E-state index in [4.69, 9.17) is 45.8 Å². The molecule has 7 heteroatoms. The Morgan fingerprint density at radius 1 is 1.18 bits per heavy atom. The maximum atomic E-state index is 8.59. The third kappa shape index (κ3) is 5.42. The van der Waals surface area contributed by atoms with Crippen molar-refractivity contribution in [3.8, 4) is 6.07 Å². The summed E-state index contributed by atoms with van der Waals surface area (Å²) in [5.41, 5.74) is 7.81. The van der Waals surface area contributed by atoms with Crippen LogP contribution in [0.2, 0.25) is 15.1 Å². The molecule has 2 N–H and O–H groups in total. The quantitative estimate of drug-likeness (QED) is 0.506. The van der Waals surface area contributed by atoms with Crippen LogP contribution in [0.4, 0.5) is 0 Å². The number of nitriles is 1. The van der Waals surface area contributed by atoms with Crippen molar-refractivity contribution in [3.05, 3.63) is 66.6 Å². The van der Waals surface area contributed by atoms with Crippen molar-refractivity contribution in [2.75, 3.05) is 0 Å². The Balaban J connectivity index is 0.000000220. The molecule has 0 atom stereocenters. The van der Waals surface area contributed by atoms with Crippen LogP contribution in [0.3, 0.4) is 0 Å². The van der Waals surface area contributed by atoms with Gasteiger partial charge in [-0.05, 0) is 29.3 Å². The average Bonchev–Trinajstić information content (AvgIpc) is 2.47. The van der Waals surface area contributed by atoms with Crippen molar-refractivity contribution >= 4 is 66.7 Å². The lowest BCUT2D eigenvalue weighted by Crippen LogP contribution is -1.98. The molecule has 0 aliphatic carbocycles. The minimum Gasteiger partial charge on any atom is -0.326 e. The van der Waals surface area contributed by atoms with Crippen LogP contribution in [-0.2, 0) is 11.9 Å². The van der Waals surface area contributed by atoms with E-state index in [-0.39, 0.29) is 0 Å². The molecule has 0 bridgehead atoms. The molecule has 0 radical (unpaired) electrons. The monoisotopic (exact) mass is 482 g/mol. The summed E-state index contributed by atoms with van der Waals surface area (Å²) in [7, 11) is 0. The van der Waals surface area contributed by atoms with Crippen molar-refractivity contribution in [3.63, 3.8) is 0 Å². The van der Waals surface area contributed by atoms with Gasteiger partial charge in [0, 0.05) is 26.4 Å². The van der Waals surface area contributed by atoms with Crippen molar-refractivity contribution in [1.29, 1.82) is 5.26 Å². The van der Waals surface area contributed by atoms with E-state index in [0.717, 1.165) is 15.6 Å². The van der Waals surface area contributed by atoms with E-state index in [1.165, 1.54) is 0 Å². The molecule has 2 aromatic carbocycles. The lowest BCUT2D eigenvalue weighted by molar-refractivity contribution is 1.06. The molecule has 2 aromatic rings. The van der Waals surface area contributed by atoms with Gasteiger partial charge in [-0.1, -0.05) is 78.8 Å². The largest absolute Gasteiger partial charge is 0.326 e. The molecule has 0 aliphatic rings. The molecular formula is C15H11Br2Cl3N2. The second-order valence-electron chi connectivity index (χ2n) is 4.08. The fourth-order valence-electron chi connectivity index (χ4n) is 1.54. The third-order valence-corrected chi connectivity index (χ3v) is 4.97. The summed E-state index contributed by atoms with van der Waals surface area (Å²) in [5.74, 6) is 0. The fourth-order valence-corrected chi connectivity index (χ4v) is 3.84. The molecule has 2 nitrogen and oxygen atoms in total. The number of nitrogens with two attached hydrogens (primary N) is 1. The van der Waals surface area contributed by atoms with Crippen LogP contribution in [-0.4, -0.2) is 0 Å². The minimum atomic E-state index is 0.413. The predicted molar refractivity (Wildman–Crippen MR) is 101 cm³/mol. The third-order valence-electron chi connectivity index (χ3n) is 2.65. The molecule has 0 unspecified atom stereocenters. The van der Waals surface area contributed by atoms with Crippen LogP contribution < -0.4 is 5.73 Å². The van der Waals surface area contributed by atoms with E-state index < -0.39 is 0 Å². The molecule has 116 valence electrons. The van der Waals surface area contributed by atoms with Crippen LogP contribution in [0, 0.1) is 11.3 Å². The van der Waals surface area contributed by atoms with Gasteiger partial charge in [0.15, 0.2) is 0 Å². The first-order valence-electron chi connectivity index (χ1n) is 6.01. The molecule has 0 spiro atoms. The summed E-state index contributed by atoms with van der Waals surface area (Å²) in [6.07, 6.45) is 0. The summed E-state index contributed by atoms with van der Waals surface area (Å²) in [6.45, 7) is 0.413. The van der Waals surface area contributed by atoms with Gasteiger partial charge in [0.25, 0.3) is 0 Å². The van der Waals surface area contributed by atoms with Crippen LogP contribution in [0.5, 0.6) is 0 Å². The highest BCUT2D eigenvalue weighted by Gasteiger charge is 2.04. The number of rotatable bonds is 2. The zero-order valence-electron chi connectivity index (χ0n) is 11.2. The second-order valence-corrected chi connectivity index (χ2v) is 6.71. The first-order chi connectivity index (χ1) is 10.4. The SMILES string of the molecule is N#Cc1cccc(CBr)c1Cl.NCc1c(Cl)cc(Cl)cc1Br. The molecule has 2 rings (SSSR count). The molecule has 0 aromatic heterocycles. The number of nitrogens with zero attached hydrogens (tertiary/aromatic N) is 1. The van der Waals surface area contributed by atoms with Gasteiger partial charge in [-0.2, -0.15) is 5.26 Å². The predicted octanol–water partition coefficient (Wildman–Crippen LogP) is 6.32. The molecule has 0 heterocycles. The summed E-state index contributed by atoms with van der Waals surface area (Å²) in [6, 6.07) is 10.9. The van der Waals surface area contributed by atoms with Crippen molar-refractivity contribution < 1.29 is 0 Å². The number of benzene rings is 2. The zero-order chi connectivity index (χ0) is 16.7. The molecule has 0 fully saturated rings. The van der Waals surface area contributed by atoms with E-state index in [1.807, 2.05) is 18.2 Å². The highest BCUT2D eigenvalue weighted by atomic mass is 79.9. The molecule has 0 saturated heterocycles. The minimum absolute atomic E-state index is 0.413. The molecule has 0 saturated carbocycles. The highest BCUT2D eigenvalue weighted by Crippen LogP contribution is 2.28. The van der Waals surface area contributed by atoms with E-state index in [0.29, 0.717) is 32.5 Å². The van der Waals surface area contributed by atoms with Crippen LogP contribution >= 0.6 is 66.7 Å². The van der Waals surface area contributed by atoms with Gasteiger partial charge < -0.3 is 5.73 Å². The van der Waals surface area contributed by atoms with Crippen LogP contribution in [0.1, 0.15) is 16.7 Å². The van der Waals surface area contributed by atoms with Crippen LogP contribution in [0.15, 0.2) is 34.8 Å². The summed E-state index contributed by atoms with van der Waals surface area (Å²) in [4.78, 5) is 0. The van der Waals surface area contributed by atoms with E-state index in [1.54, 1.807) is 18.2 Å². The van der Waals surface area contributed by atoms with Gasteiger partial charge in [0.2, 0.25) is 0 Å². The Kier molecular flexibility index (Phi) is 8.78. The van der Waals surface area contributed by atoms with E-state index in [9.17, 15) is 0 Å². The van der Waals surface area contributed by atoms with Gasteiger partial charge in [-0.3, -0.25) is 0 Å². The smallest absolute Gasteiger partial charge is 0.101 e. The van der Waals surface area contributed by atoms with E-state index in [2.05, 4.69) is 31.9 Å². The Morgan fingerprint density at radius 2 is 1.86 bits per heavy atom. The van der Waals surface area contributed by atoms with Crippen molar-refractivity contribution in [1.82, 2.24) is 0 Å². The molecule has 0 aliphatic heterocycles. The van der Waals surface area contributed by atoms with Gasteiger partial charge in [-0.25, -0.2) is 0 Å². The average molecular weight is 485 g/mol. The molecule has 0 amide bonds. The summed E-state index contributed by atoms with van der Waals surface area (Å²) in [5, 5.41) is 11.0. The maximum Gasteiger partial charge on any atom is 0.101 e. The first-order valence-corrected chi connectivity index (χ1v) is 9.06. The van der Waals surface area contributed by atoms with Gasteiger partial charge >= 0.3 is 0 Å². The second kappa shape index (κ2) is 9.77. The normalized spacial score (nSPS) is 9.68. The zero-order valence-corrected chi connectivity index (χ0v) is 16.7. The molecule has 22 heavy (non-hydrogen) atoms. The van der Waals surface area contributed by atoms with E-state index >= 15 is 0 Å². The lowest BCUT2D eigenvalue weighted by atomic mass is 10.1. The van der Waals surface area contributed by atoms with Crippen molar-refractivity contribution in [2.24, 2.45) is 5.73 Å². The number of hydrogen-bond acceptors (Lipinski definition) is 2. The Hall–Kier alpha value is -0.280. The number of alkyl halides is 1. The van der Waals surface area contributed by atoms with Crippen LogP contribution in [0.25, 0.3) is 0 Å². The standard InChI is InChI=1S/C8H5BrClN.C7H6BrCl2N/c9-4-6-2-1-3-7(5-11)8(6)10;8-6-1-4(9)2-7(10)5(6)3-11/h1-3H,4H2;1-2H,3,11H2. The number of halogens is 5. The van der Waals surface area contributed by atoms with Gasteiger partial charge in [0.1, 0.15) is 6.07 Å². The first kappa shape index (κ1) is 19.8. The van der Waals surface area contributed by atoms with Crippen molar-refractivity contribution in [2.45, 2.75) is 11.9 Å². The Labute approximate surface area is 161 Å². The topological polar surface area (TPSA) is 49.8 Å². The summed E-state index contributed by atoms with van der Waals surface area (Å²) >= 11 is 24.0.